The predicted octanol–water partition coefficient (Wildman–Crippen LogP) is 3.39. The van der Waals surface area contributed by atoms with Gasteiger partial charge in [-0.15, -0.1) is 0 Å². The number of primary amides is 1. The molecule has 0 atom stereocenters. The Balaban J connectivity index is 1.91. The van der Waals surface area contributed by atoms with Crippen molar-refractivity contribution in [2.45, 2.75) is 38.8 Å². The molecule has 6 nitrogen and oxygen atoms in total. The minimum absolute atomic E-state index is 0.207. The molecule has 1 fully saturated rings. The van der Waals surface area contributed by atoms with Crippen molar-refractivity contribution in [1.82, 2.24) is 9.78 Å². The van der Waals surface area contributed by atoms with Crippen LogP contribution in [0.15, 0.2) is 37.1 Å². The van der Waals surface area contributed by atoms with Crippen molar-refractivity contribution in [2.75, 3.05) is 4.90 Å². The predicted molar refractivity (Wildman–Crippen MR) is 101 cm³/mol. The Kier molecular flexibility index (Phi) is 5.13. The highest BCUT2D eigenvalue weighted by atomic mass is 35.5. The Hall–Kier alpha value is -2.60. The van der Waals surface area contributed by atoms with E-state index in [0.29, 0.717) is 18.3 Å². The lowest BCUT2D eigenvalue weighted by Crippen LogP contribution is -2.29. The molecular formula is C19H21ClN4O2. The van der Waals surface area contributed by atoms with Gasteiger partial charge in [-0.05, 0) is 50.5 Å². The molecule has 1 aliphatic carbocycles. The highest BCUT2D eigenvalue weighted by Crippen LogP contribution is 2.33. The van der Waals surface area contributed by atoms with Gasteiger partial charge in [0, 0.05) is 16.9 Å². The highest BCUT2D eigenvalue weighted by molar-refractivity contribution is 6.34. The molecule has 136 valence electrons. The van der Waals surface area contributed by atoms with Gasteiger partial charge in [-0.1, -0.05) is 18.2 Å². The maximum absolute atomic E-state index is 12.4. The number of nitrogens with two attached hydrogens (primary N) is 1. The SMILES string of the molecule is C=CC(=O)N(Cc1cnn(C2CCC2)c1C)c1ccc(C(N)=O)c(Cl)c1. The lowest BCUT2D eigenvalue weighted by Gasteiger charge is -2.27. The van der Waals surface area contributed by atoms with Crippen molar-refractivity contribution < 1.29 is 9.59 Å². The van der Waals surface area contributed by atoms with Crippen LogP contribution in [-0.2, 0) is 11.3 Å². The van der Waals surface area contributed by atoms with Crippen LogP contribution in [0.25, 0.3) is 0 Å². The molecule has 0 unspecified atom stereocenters. The molecule has 0 spiro atoms. The van der Waals surface area contributed by atoms with Crippen LogP contribution in [-0.4, -0.2) is 21.6 Å². The third-order valence-electron chi connectivity index (χ3n) is 4.87. The second-order valence-corrected chi connectivity index (χ2v) is 6.85. The Morgan fingerprint density at radius 1 is 1.46 bits per heavy atom. The number of benzene rings is 1. The van der Waals surface area contributed by atoms with Gasteiger partial charge >= 0.3 is 0 Å². The van der Waals surface area contributed by atoms with Gasteiger partial charge in [0.1, 0.15) is 0 Å². The smallest absolute Gasteiger partial charge is 0.250 e. The Morgan fingerprint density at radius 3 is 2.73 bits per heavy atom. The molecule has 2 amide bonds. The molecular weight excluding hydrogens is 352 g/mol. The van der Waals surface area contributed by atoms with Crippen LogP contribution in [0.2, 0.25) is 5.02 Å². The molecule has 7 heteroatoms. The molecule has 26 heavy (non-hydrogen) atoms. The van der Waals surface area contributed by atoms with E-state index in [1.54, 1.807) is 23.2 Å². The van der Waals surface area contributed by atoms with Gasteiger partial charge in [-0.2, -0.15) is 5.10 Å². The maximum atomic E-state index is 12.4. The summed E-state index contributed by atoms with van der Waals surface area (Å²) < 4.78 is 2.04. The number of carbonyl (C=O) groups excluding carboxylic acids is 2. The van der Waals surface area contributed by atoms with Crippen LogP contribution in [0.3, 0.4) is 0 Å². The first-order chi connectivity index (χ1) is 12.4. The van der Waals surface area contributed by atoms with Crippen LogP contribution >= 0.6 is 11.6 Å². The minimum atomic E-state index is -0.610. The van der Waals surface area contributed by atoms with E-state index in [0.717, 1.165) is 24.1 Å². The van der Waals surface area contributed by atoms with E-state index < -0.39 is 5.91 Å². The van der Waals surface area contributed by atoms with E-state index >= 15 is 0 Å². The highest BCUT2D eigenvalue weighted by Gasteiger charge is 2.24. The lowest BCUT2D eigenvalue weighted by atomic mass is 9.93. The molecule has 1 aliphatic rings. The van der Waals surface area contributed by atoms with Crippen molar-refractivity contribution in [1.29, 1.82) is 0 Å². The summed E-state index contributed by atoms with van der Waals surface area (Å²) in [6.07, 6.45) is 6.56. The average Bonchev–Trinajstić information content (AvgIpc) is 2.90. The number of amides is 2. The molecule has 2 aromatic rings. The Morgan fingerprint density at radius 2 is 2.19 bits per heavy atom. The van der Waals surface area contributed by atoms with E-state index in [9.17, 15) is 9.59 Å². The van der Waals surface area contributed by atoms with Crippen molar-refractivity contribution in [3.63, 3.8) is 0 Å². The maximum Gasteiger partial charge on any atom is 0.250 e. The Labute approximate surface area is 157 Å². The number of hydrogen-bond donors (Lipinski definition) is 1. The molecule has 3 rings (SSSR count). The van der Waals surface area contributed by atoms with Gasteiger partial charge in [0.25, 0.3) is 5.91 Å². The summed E-state index contributed by atoms with van der Waals surface area (Å²) in [4.78, 5) is 25.3. The molecule has 1 saturated carbocycles. The molecule has 1 heterocycles. The topological polar surface area (TPSA) is 81.2 Å². The second kappa shape index (κ2) is 7.33. The molecule has 2 N–H and O–H groups in total. The van der Waals surface area contributed by atoms with Crippen molar-refractivity contribution >= 4 is 29.1 Å². The number of aromatic nitrogens is 2. The summed E-state index contributed by atoms with van der Waals surface area (Å²) >= 11 is 6.14. The van der Waals surface area contributed by atoms with Crippen molar-refractivity contribution in [3.8, 4) is 0 Å². The molecule has 0 radical (unpaired) electrons. The summed E-state index contributed by atoms with van der Waals surface area (Å²) in [5.41, 5.74) is 8.09. The summed E-state index contributed by atoms with van der Waals surface area (Å²) in [6.45, 7) is 5.93. The van der Waals surface area contributed by atoms with Crippen LogP contribution < -0.4 is 10.6 Å². The number of carbonyl (C=O) groups is 2. The van der Waals surface area contributed by atoms with Gasteiger partial charge < -0.3 is 10.6 Å². The zero-order chi connectivity index (χ0) is 18.8. The average molecular weight is 373 g/mol. The number of rotatable bonds is 6. The van der Waals surface area contributed by atoms with E-state index in [4.69, 9.17) is 17.3 Å². The first kappa shape index (κ1) is 18.2. The molecule has 0 bridgehead atoms. The Bertz CT molecular complexity index is 870. The van der Waals surface area contributed by atoms with Gasteiger partial charge in [0.15, 0.2) is 0 Å². The first-order valence-corrected chi connectivity index (χ1v) is 8.86. The third kappa shape index (κ3) is 3.37. The molecule has 1 aromatic carbocycles. The van der Waals surface area contributed by atoms with Gasteiger partial charge in [-0.3, -0.25) is 14.3 Å². The van der Waals surface area contributed by atoms with Crippen molar-refractivity contribution in [2.24, 2.45) is 5.73 Å². The fourth-order valence-electron chi connectivity index (χ4n) is 3.06. The quantitative estimate of drug-likeness (QED) is 0.789. The van der Waals surface area contributed by atoms with Crippen LogP contribution in [0, 0.1) is 6.92 Å². The summed E-state index contributed by atoms with van der Waals surface area (Å²) in [5.74, 6) is -0.871. The van der Waals surface area contributed by atoms with Gasteiger partial charge in [0.05, 0.1) is 29.4 Å². The minimum Gasteiger partial charge on any atom is -0.366 e. The van der Waals surface area contributed by atoms with E-state index in [1.807, 2.05) is 11.6 Å². The first-order valence-electron chi connectivity index (χ1n) is 8.48. The lowest BCUT2D eigenvalue weighted by molar-refractivity contribution is -0.114. The van der Waals surface area contributed by atoms with Crippen molar-refractivity contribution in [3.05, 3.63) is 58.9 Å². The third-order valence-corrected chi connectivity index (χ3v) is 5.18. The van der Waals surface area contributed by atoms with Gasteiger partial charge in [0.2, 0.25) is 5.91 Å². The van der Waals surface area contributed by atoms with Crippen LogP contribution in [0.4, 0.5) is 5.69 Å². The van der Waals surface area contributed by atoms with E-state index in [-0.39, 0.29) is 16.5 Å². The summed E-state index contributed by atoms with van der Waals surface area (Å²) in [6, 6.07) is 5.19. The summed E-state index contributed by atoms with van der Waals surface area (Å²) in [7, 11) is 0. The van der Waals surface area contributed by atoms with Gasteiger partial charge in [-0.25, -0.2) is 0 Å². The fraction of sp³-hybridized carbons (Fsp3) is 0.316. The zero-order valence-corrected chi connectivity index (χ0v) is 15.4. The molecule has 0 saturated heterocycles. The van der Waals surface area contributed by atoms with Crippen LogP contribution in [0.1, 0.15) is 46.9 Å². The van der Waals surface area contributed by atoms with E-state index in [1.165, 1.54) is 18.6 Å². The zero-order valence-electron chi connectivity index (χ0n) is 14.6. The molecule has 0 aliphatic heterocycles. The number of anilines is 1. The number of hydrogen-bond acceptors (Lipinski definition) is 3. The largest absolute Gasteiger partial charge is 0.366 e. The number of halogens is 1. The number of nitrogens with zero attached hydrogens (tertiary/aromatic N) is 3. The monoisotopic (exact) mass is 372 g/mol. The second-order valence-electron chi connectivity index (χ2n) is 6.44. The van der Waals surface area contributed by atoms with Crippen LogP contribution in [0.5, 0.6) is 0 Å². The standard InChI is InChI=1S/C19H21ClN4O2/c1-3-18(25)23(15-7-8-16(19(21)26)17(20)9-15)11-13-10-22-24(12(13)2)14-5-4-6-14/h3,7-10,14H,1,4-6,11H2,2H3,(H2,21,26). The normalized spacial score (nSPS) is 13.9. The van der Waals surface area contributed by atoms with E-state index in [2.05, 4.69) is 11.7 Å². The summed E-state index contributed by atoms with van der Waals surface area (Å²) in [5, 5.41) is 4.70. The molecule has 1 aromatic heterocycles. The fourth-order valence-corrected chi connectivity index (χ4v) is 3.33.